The number of carbonyl (C=O) groups excluding carboxylic acids is 8. The number of nitrogens with two attached hydrogens (primary N) is 3. The van der Waals surface area contributed by atoms with Crippen LogP contribution in [0.4, 0.5) is 0 Å². The van der Waals surface area contributed by atoms with Crippen molar-refractivity contribution in [2.75, 3.05) is 30.9 Å². The topological polar surface area (TPSA) is 352 Å². The number of hydrogen-bond donors (Lipinski definition) is 12. The lowest BCUT2D eigenvalue weighted by Gasteiger charge is -2.30. The lowest BCUT2D eigenvalue weighted by molar-refractivity contribution is -0.142. The second-order valence-corrected chi connectivity index (χ2v) is 19.1. The molecule has 1 aliphatic heterocycles. The zero-order valence-corrected chi connectivity index (χ0v) is 41.5. The molecule has 22 nitrogen and oxygen atoms in total. The summed E-state index contributed by atoms with van der Waals surface area (Å²) < 4.78 is 0. The predicted molar refractivity (Wildman–Crippen MR) is 256 cm³/mol. The Balaban J connectivity index is 3.18. The molecule has 14 N–H and O–H groups in total. The lowest BCUT2D eigenvalue weighted by atomic mass is 10.0. The molecule has 1 saturated heterocycles. The summed E-state index contributed by atoms with van der Waals surface area (Å²) in [6.45, 7) is 13.9. The first kappa shape index (κ1) is 59.2. The fourth-order valence-electron chi connectivity index (χ4n) is 6.85. The average Bonchev–Trinajstić information content (AvgIpc) is 3.73. The van der Waals surface area contributed by atoms with Crippen molar-refractivity contribution < 1.29 is 48.3 Å². The molecule has 0 spiro atoms. The van der Waals surface area contributed by atoms with Gasteiger partial charge >= 0.3 is 5.97 Å². The van der Waals surface area contributed by atoms with Crippen molar-refractivity contribution in [1.29, 1.82) is 0 Å². The summed E-state index contributed by atoms with van der Waals surface area (Å²) >= 11 is 5.66. The maximum Gasteiger partial charge on any atom is 0.326 e. The van der Waals surface area contributed by atoms with E-state index in [4.69, 9.17) is 17.2 Å². The van der Waals surface area contributed by atoms with E-state index in [1.807, 2.05) is 20.1 Å². The monoisotopic (exact) mass is 973 g/mol. The Kier molecular flexibility index (Phi) is 26.7. The first-order valence-corrected chi connectivity index (χ1v) is 24.4. The Morgan fingerprint density at radius 3 is 1.71 bits per heavy atom. The third kappa shape index (κ3) is 20.8. The van der Waals surface area contributed by atoms with Gasteiger partial charge in [0.1, 0.15) is 48.3 Å². The summed E-state index contributed by atoms with van der Waals surface area (Å²) in [6.07, 6.45) is 3.38. The number of guanidine groups is 1. The smallest absolute Gasteiger partial charge is 0.326 e. The van der Waals surface area contributed by atoms with Crippen LogP contribution >= 0.6 is 24.4 Å². The van der Waals surface area contributed by atoms with Gasteiger partial charge in [0, 0.05) is 18.8 Å². The van der Waals surface area contributed by atoms with Gasteiger partial charge in [0.25, 0.3) is 0 Å². The van der Waals surface area contributed by atoms with Crippen LogP contribution in [0.15, 0.2) is 4.99 Å². The van der Waals surface area contributed by atoms with E-state index in [-0.39, 0.29) is 81.1 Å². The number of amides is 8. The van der Waals surface area contributed by atoms with Crippen LogP contribution < -0.4 is 54.4 Å². The Labute approximate surface area is 398 Å². The van der Waals surface area contributed by atoms with Crippen LogP contribution in [-0.2, 0) is 43.2 Å². The summed E-state index contributed by atoms with van der Waals surface area (Å²) in [7, 11) is 0. The Morgan fingerprint density at radius 2 is 1.18 bits per heavy atom. The minimum Gasteiger partial charge on any atom is -0.480 e. The van der Waals surface area contributed by atoms with Gasteiger partial charge in [-0.05, 0) is 88.6 Å². The minimum atomic E-state index is -1.24. The van der Waals surface area contributed by atoms with Gasteiger partial charge in [-0.25, -0.2) is 4.79 Å². The van der Waals surface area contributed by atoms with Crippen LogP contribution in [0.3, 0.4) is 0 Å². The van der Waals surface area contributed by atoms with Crippen molar-refractivity contribution in [2.45, 2.75) is 155 Å². The molecule has 9 atom stereocenters. The molecule has 0 aromatic rings. The molecule has 0 unspecified atom stereocenters. The number of likely N-dealkylation sites (tertiary alicyclic amines) is 1. The van der Waals surface area contributed by atoms with E-state index in [1.54, 1.807) is 27.7 Å². The number of rotatable bonds is 29. The first-order chi connectivity index (χ1) is 30.8. The number of carbonyl (C=O) groups is 9. The molecule has 1 aliphatic rings. The van der Waals surface area contributed by atoms with Crippen LogP contribution in [0.1, 0.15) is 100 Å². The highest BCUT2D eigenvalue weighted by Crippen LogP contribution is 2.20. The molecule has 8 amide bonds. The normalized spacial score (nSPS) is 17.2. The number of carboxylic acid groups (broad SMARTS) is 1. The number of nitrogens with zero attached hydrogens (tertiary/aromatic N) is 2. The van der Waals surface area contributed by atoms with Gasteiger partial charge in [-0.3, -0.25) is 43.3 Å². The number of nitrogens with one attached hydrogen (secondary N) is 7. The number of aliphatic imine (C=N–C) groups is 1. The summed E-state index contributed by atoms with van der Waals surface area (Å²) in [5.41, 5.74) is 16.9. The van der Waals surface area contributed by atoms with E-state index in [1.165, 1.54) is 30.5 Å². The highest BCUT2D eigenvalue weighted by Gasteiger charge is 2.39. The van der Waals surface area contributed by atoms with Crippen LogP contribution in [-0.4, -0.2) is 154 Å². The van der Waals surface area contributed by atoms with Crippen LogP contribution in [0, 0.1) is 17.8 Å². The lowest BCUT2D eigenvalue weighted by Crippen LogP contribution is -2.60. The molecule has 0 bridgehead atoms. The first-order valence-electron chi connectivity index (χ1n) is 22.4. The van der Waals surface area contributed by atoms with Gasteiger partial charge in [-0.15, -0.1) is 0 Å². The Hall–Kier alpha value is -4.84. The number of carboxylic acids is 1. The molecule has 0 aromatic heterocycles. The molecule has 1 rings (SSSR count). The second-order valence-electron chi connectivity index (χ2n) is 17.7. The average molecular weight is 973 g/mol. The van der Waals surface area contributed by atoms with E-state index in [0.29, 0.717) is 12.2 Å². The zero-order valence-electron chi connectivity index (χ0n) is 39.8. The molecule has 376 valence electrons. The Bertz CT molecular complexity index is 1700. The maximum atomic E-state index is 13.9. The van der Waals surface area contributed by atoms with Crippen molar-refractivity contribution in [3.63, 3.8) is 0 Å². The van der Waals surface area contributed by atoms with E-state index in [0.717, 1.165) is 0 Å². The largest absolute Gasteiger partial charge is 0.480 e. The van der Waals surface area contributed by atoms with Gasteiger partial charge in [0.15, 0.2) is 5.96 Å². The standard InChI is InChI=1S/C42H76N12O10S2/c1-21(2)18-28(36(58)53-30(20-65)37(59)52-29(41(63)64)19-22(3)4)51-33(55)24(7)47-34(56)26(12-10-15-46-42(44)45)49-38(60)31-13-11-16-54(31)40(62)25(8)48-35(57)27(14-17-66-9)50-39(61)32(43)23(5)6/h21-32,65H,10-20,43H2,1-9H3,(H,47,56)(H,48,57)(H,49,60)(H,50,61)(H,51,55)(H,52,59)(H,53,58)(H,63,64)(H4,44,45,46)/t24-,25-,26-,27-,28-,29-,30-,31-,32-/m0/s1. The van der Waals surface area contributed by atoms with Crippen molar-refractivity contribution in [1.82, 2.24) is 42.1 Å². The number of thioether (sulfide) groups is 1. The fraction of sp³-hybridized carbons (Fsp3) is 0.762. The molecule has 0 aliphatic carbocycles. The predicted octanol–water partition coefficient (Wildman–Crippen LogP) is -1.69. The summed E-state index contributed by atoms with van der Waals surface area (Å²) in [5, 5.41) is 27.8. The van der Waals surface area contributed by atoms with Gasteiger partial charge in [-0.2, -0.15) is 24.4 Å². The molecule has 0 radical (unpaired) electrons. The van der Waals surface area contributed by atoms with E-state index in [2.05, 4.69) is 54.8 Å². The van der Waals surface area contributed by atoms with Crippen molar-refractivity contribution in [3.05, 3.63) is 0 Å². The molecular formula is C42H76N12O10S2. The molecular weight excluding hydrogens is 897 g/mol. The molecule has 24 heteroatoms. The highest BCUT2D eigenvalue weighted by atomic mass is 32.2. The quantitative estimate of drug-likeness (QED) is 0.0172. The van der Waals surface area contributed by atoms with Gasteiger partial charge < -0.3 is 64.4 Å². The third-order valence-electron chi connectivity index (χ3n) is 10.6. The minimum absolute atomic E-state index is 0.0188. The molecule has 1 fully saturated rings. The highest BCUT2D eigenvalue weighted by molar-refractivity contribution is 7.98. The van der Waals surface area contributed by atoms with Crippen molar-refractivity contribution in [3.8, 4) is 0 Å². The zero-order chi connectivity index (χ0) is 50.4. The third-order valence-corrected chi connectivity index (χ3v) is 11.6. The van der Waals surface area contributed by atoms with Crippen molar-refractivity contribution in [2.24, 2.45) is 39.9 Å². The van der Waals surface area contributed by atoms with Crippen LogP contribution in [0.5, 0.6) is 0 Å². The summed E-state index contributed by atoms with van der Waals surface area (Å²) in [4.78, 5) is 125. The van der Waals surface area contributed by atoms with Gasteiger partial charge in [0.2, 0.25) is 47.3 Å². The molecule has 66 heavy (non-hydrogen) atoms. The van der Waals surface area contributed by atoms with Gasteiger partial charge in [0.05, 0.1) is 6.04 Å². The summed E-state index contributed by atoms with van der Waals surface area (Å²) in [5.74, 6) is -6.67. The molecule has 0 saturated carbocycles. The number of hydrogen-bond acceptors (Lipinski definition) is 13. The number of aliphatic carboxylic acids is 1. The van der Waals surface area contributed by atoms with E-state index in [9.17, 15) is 48.3 Å². The Morgan fingerprint density at radius 1 is 0.682 bits per heavy atom. The summed E-state index contributed by atoms with van der Waals surface area (Å²) in [6, 6.07) is -9.96. The number of thiol groups is 1. The second kappa shape index (κ2) is 29.7. The SMILES string of the molecule is CSCC[C@H](NC(=O)[C@@H](N)C(C)C)C(=O)N[C@@H](C)C(=O)N1CCC[C@H]1C(=O)N[C@@H](CCCN=C(N)N)C(=O)N[C@@H](C)C(=O)N[C@@H](CC(C)C)C(=O)N[C@@H](CS)C(=O)N[C@@H](CC(C)C)C(=O)O. The molecule has 1 heterocycles. The van der Waals surface area contributed by atoms with Crippen molar-refractivity contribution >= 4 is 83.6 Å². The maximum absolute atomic E-state index is 13.9. The van der Waals surface area contributed by atoms with E-state index < -0.39 is 108 Å². The molecule has 0 aromatic carbocycles. The van der Waals surface area contributed by atoms with E-state index >= 15 is 0 Å². The van der Waals surface area contributed by atoms with Gasteiger partial charge in [-0.1, -0.05) is 41.5 Å². The van der Waals surface area contributed by atoms with Crippen LogP contribution in [0.2, 0.25) is 0 Å². The van der Waals surface area contributed by atoms with Crippen LogP contribution in [0.25, 0.3) is 0 Å². The fourth-order valence-corrected chi connectivity index (χ4v) is 7.58.